The molecule has 0 radical (unpaired) electrons. The van der Waals surface area contributed by atoms with Gasteiger partial charge in [0.1, 0.15) is 0 Å². The maximum Gasteiger partial charge on any atom is 0.251 e. The van der Waals surface area contributed by atoms with Gasteiger partial charge >= 0.3 is 0 Å². The third-order valence-corrected chi connectivity index (χ3v) is 4.03. The van der Waals surface area contributed by atoms with Crippen molar-refractivity contribution in [3.05, 3.63) is 23.8 Å². The van der Waals surface area contributed by atoms with E-state index in [4.69, 9.17) is 9.47 Å². The molecule has 0 bridgehead atoms. The minimum absolute atomic E-state index is 0.0644. The topological polar surface area (TPSA) is 88.0 Å². The van der Waals surface area contributed by atoms with Crippen molar-refractivity contribution < 1.29 is 24.5 Å². The van der Waals surface area contributed by atoms with Crippen LogP contribution in [-0.4, -0.2) is 48.1 Å². The molecule has 2 rings (SSSR count). The van der Waals surface area contributed by atoms with Crippen LogP contribution in [0.1, 0.15) is 37.0 Å². The summed E-state index contributed by atoms with van der Waals surface area (Å²) in [5, 5.41) is 21.9. The molecule has 3 N–H and O–H groups in total. The molecular formula is C17H25NO5. The summed E-state index contributed by atoms with van der Waals surface area (Å²) in [4.78, 5) is 12.4. The van der Waals surface area contributed by atoms with Crippen LogP contribution in [0.15, 0.2) is 18.2 Å². The van der Waals surface area contributed by atoms with Crippen molar-refractivity contribution in [2.24, 2.45) is 5.92 Å². The predicted octanol–water partition coefficient (Wildman–Crippen LogP) is 1.35. The molecule has 0 unspecified atom stereocenters. The Hall–Kier alpha value is -1.79. The number of nitrogens with one attached hydrogen (secondary N) is 1. The van der Waals surface area contributed by atoms with Gasteiger partial charge in [-0.2, -0.15) is 0 Å². The summed E-state index contributed by atoms with van der Waals surface area (Å²) in [6.45, 7) is 4.70. The van der Waals surface area contributed by atoms with Gasteiger partial charge in [0.15, 0.2) is 11.5 Å². The second-order valence-corrected chi connectivity index (χ2v) is 5.68. The second kappa shape index (κ2) is 8.17. The summed E-state index contributed by atoms with van der Waals surface area (Å²) < 4.78 is 11.0. The number of carbonyl (C=O) groups is 1. The molecule has 1 aliphatic rings. The standard InChI is InChI=1S/C17H25NO5/c1-3-22-15-6-5-11(8-16(15)23-4-2)17(21)18-13-7-12(10-19)14(20)9-13/h5-6,8,12-14,19-20H,3-4,7,9-10H2,1-2H3,(H,18,21)/t12-,13+,14-/m1/s1. The van der Waals surface area contributed by atoms with E-state index in [0.717, 1.165) is 0 Å². The minimum Gasteiger partial charge on any atom is -0.490 e. The summed E-state index contributed by atoms with van der Waals surface area (Å²) in [5.74, 6) is 0.772. The van der Waals surface area contributed by atoms with Crippen molar-refractivity contribution >= 4 is 5.91 Å². The monoisotopic (exact) mass is 323 g/mol. The van der Waals surface area contributed by atoms with E-state index in [2.05, 4.69) is 5.32 Å². The van der Waals surface area contributed by atoms with Gasteiger partial charge in [0.25, 0.3) is 5.91 Å². The number of amides is 1. The summed E-state index contributed by atoms with van der Waals surface area (Å²) in [6.07, 6.45) is 0.482. The van der Waals surface area contributed by atoms with Crippen molar-refractivity contribution in [1.29, 1.82) is 0 Å². The Morgan fingerprint density at radius 2 is 1.91 bits per heavy atom. The summed E-state index contributed by atoms with van der Waals surface area (Å²) >= 11 is 0. The minimum atomic E-state index is -0.565. The normalized spacial score (nSPS) is 23.6. The predicted molar refractivity (Wildman–Crippen MR) is 85.9 cm³/mol. The van der Waals surface area contributed by atoms with E-state index in [-0.39, 0.29) is 24.5 Å². The first kappa shape index (κ1) is 17.6. The molecule has 1 aliphatic carbocycles. The van der Waals surface area contributed by atoms with Crippen LogP contribution in [0.25, 0.3) is 0 Å². The number of benzene rings is 1. The van der Waals surface area contributed by atoms with Gasteiger partial charge in [-0.05, 0) is 44.9 Å². The van der Waals surface area contributed by atoms with E-state index in [9.17, 15) is 15.0 Å². The molecule has 0 aliphatic heterocycles. The lowest BCUT2D eigenvalue weighted by Gasteiger charge is -2.15. The molecule has 6 nitrogen and oxygen atoms in total. The van der Waals surface area contributed by atoms with E-state index < -0.39 is 6.10 Å². The lowest BCUT2D eigenvalue weighted by Crippen LogP contribution is -2.33. The van der Waals surface area contributed by atoms with Crippen LogP contribution in [-0.2, 0) is 0 Å². The SMILES string of the molecule is CCOc1ccc(C(=O)N[C@H]2C[C@H](CO)[C@H](O)C2)cc1OCC. The highest BCUT2D eigenvalue weighted by Crippen LogP contribution is 2.29. The highest BCUT2D eigenvalue weighted by molar-refractivity contribution is 5.95. The fraction of sp³-hybridized carbons (Fsp3) is 0.588. The van der Waals surface area contributed by atoms with E-state index >= 15 is 0 Å². The maximum absolute atomic E-state index is 12.4. The molecule has 23 heavy (non-hydrogen) atoms. The van der Waals surface area contributed by atoms with Crippen molar-refractivity contribution in [3.8, 4) is 11.5 Å². The molecule has 0 spiro atoms. The Balaban J connectivity index is 2.06. The zero-order valence-corrected chi connectivity index (χ0v) is 13.6. The average molecular weight is 323 g/mol. The van der Waals surface area contributed by atoms with Gasteiger partial charge in [-0.25, -0.2) is 0 Å². The Bertz CT molecular complexity index is 534. The number of hydrogen-bond acceptors (Lipinski definition) is 5. The third kappa shape index (κ3) is 4.36. The van der Waals surface area contributed by atoms with Gasteiger partial charge in [-0.3, -0.25) is 4.79 Å². The molecule has 128 valence electrons. The summed E-state index contributed by atoms with van der Waals surface area (Å²) in [5.41, 5.74) is 0.485. The highest BCUT2D eigenvalue weighted by atomic mass is 16.5. The van der Waals surface area contributed by atoms with Crippen molar-refractivity contribution in [3.63, 3.8) is 0 Å². The molecule has 0 aromatic heterocycles. The molecule has 1 fully saturated rings. The summed E-state index contributed by atoms with van der Waals surface area (Å²) in [6, 6.07) is 4.96. The number of carbonyl (C=O) groups excluding carboxylic acids is 1. The lowest BCUT2D eigenvalue weighted by molar-refractivity contribution is 0.0903. The number of aliphatic hydroxyl groups excluding tert-OH is 2. The van der Waals surface area contributed by atoms with Crippen LogP contribution < -0.4 is 14.8 Å². The molecule has 1 amide bonds. The van der Waals surface area contributed by atoms with Gasteiger partial charge in [-0.1, -0.05) is 0 Å². The second-order valence-electron chi connectivity index (χ2n) is 5.68. The van der Waals surface area contributed by atoms with Crippen LogP contribution in [0.4, 0.5) is 0 Å². The smallest absolute Gasteiger partial charge is 0.251 e. The molecule has 0 heterocycles. The van der Waals surface area contributed by atoms with Crippen LogP contribution in [0, 0.1) is 5.92 Å². The van der Waals surface area contributed by atoms with Crippen LogP contribution in [0.2, 0.25) is 0 Å². The van der Waals surface area contributed by atoms with Gasteiger partial charge < -0.3 is 25.0 Å². The number of hydrogen-bond donors (Lipinski definition) is 3. The summed E-state index contributed by atoms with van der Waals surface area (Å²) in [7, 11) is 0. The van der Waals surface area contributed by atoms with E-state index in [0.29, 0.717) is 43.1 Å². The quantitative estimate of drug-likeness (QED) is 0.705. The maximum atomic E-state index is 12.4. The number of ether oxygens (including phenoxy) is 2. The van der Waals surface area contributed by atoms with Crippen molar-refractivity contribution in [2.75, 3.05) is 19.8 Å². The molecule has 0 saturated heterocycles. The molecule has 3 atom stereocenters. The Morgan fingerprint density at radius 1 is 1.22 bits per heavy atom. The molecular weight excluding hydrogens is 298 g/mol. The molecule has 6 heteroatoms. The molecule has 1 aromatic carbocycles. The van der Waals surface area contributed by atoms with Gasteiger partial charge in [0.2, 0.25) is 0 Å². The highest BCUT2D eigenvalue weighted by Gasteiger charge is 2.33. The Morgan fingerprint density at radius 3 is 2.52 bits per heavy atom. The average Bonchev–Trinajstić information content (AvgIpc) is 2.89. The van der Waals surface area contributed by atoms with Crippen molar-refractivity contribution in [1.82, 2.24) is 5.32 Å². The van der Waals surface area contributed by atoms with E-state index in [1.807, 2.05) is 13.8 Å². The van der Waals surface area contributed by atoms with E-state index in [1.54, 1.807) is 18.2 Å². The first-order valence-electron chi connectivity index (χ1n) is 8.08. The fourth-order valence-electron chi connectivity index (χ4n) is 2.88. The molecule has 1 aromatic rings. The van der Waals surface area contributed by atoms with E-state index in [1.165, 1.54) is 0 Å². The van der Waals surface area contributed by atoms with Crippen LogP contribution >= 0.6 is 0 Å². The lowest BCUT2D eigenvalue weighted by atomic mass is 10.1. The first-order valence-corrected chi connectivity index (χ1v) is 8.08. The first-order chi connectivity index (χ1) is 11.1. The van der Waals surface area contributed by atoms with Gasteiger partial charge in [-0.15, -0.1) is 0 Å². The van der Waals surface area contributed by atoms with Crippen LogP contribution in [0.5, 0.6) is 11.5 Å². The molecule has 1 saturated carbocycles. The third-order valence-electron chi connectivity index (χ3n) is 4.03. The largest absolute Gasteiger partial charge is 0.490 e. The number of rotatable bonds is 7. The van der Waals surface area contributed by atoms with Gasteiger partial charge in [0, 0.05) is 24.1 Å². The fourth-order valence-corrected chi connectivity index (χ4v) is 2.88. The van der Waals surface area contributed by atoms with Gasteiger partial charge in [0.05, 0.1) is 19.3 Å². The Kier molecular flexibility index (Phi) is 6.24. The zero-order valence-electron chi connectivity index (χ0n) is 13.6. The number of aliphatic hydroxyl groups is 2. The van der Waals surface area contributed by atoms with Crippen LogP contribution in [0.3, 0.4) is 0 Å². The zero-order chi connectivity index (χ0) is 16.8. The van der Waals surface area contributed by atoms with Crippen molar-refractivity contribution in [2.45, 2.75) is 38.8 Å². The Labute approximate surface area is 136 Å².